The van der Waals surface area contributed by atoms with Crippen molar-refractivity contribution in [1.29, 1.82) is 0 Å². The van der Waals surface area contributed by atoms with E-state index in [4.69, 9.17) is 21.1 Å². The average Bonchev–Trinajstić information content (AvgIpc) is 3.03. The van der Waals surface area contributed by atoms with Crippen molar-refractivity contribution in [2.24, 2.45) is 0 Å². The summed E-state index contributed by atoms with van der Waals surface area (Å²) in [4.78, 5) is 12.3. The smallest absolute Gasteiger partial charge is 0.255 e. The molecular formula is C16H15ClN2O5S. The van der Waals surface area contributed by atoms with Gasteiger partial charge in [0, 0.05) is 25.3 Å². The lowest BCUT2D eigenvalue weighted by atomic mass is 10.2. The molecule has 0 saturated carbocycles. The summed E-state index contributed by atoms with van der Waals surface area (Å²) in [5, 5.41) is 2.73. The van der Waals surface area contributed by atoms with Crippen molar-refractivity contribution in [3.63, 3.8) is 0 Å². The highest BCUT2D eigenvalue weighted by Gasteiger charge is 2.22. The van der Waals surface area contributed by atoms with E-state index in [1.165, 1.54) is 32.3 Å². The monoisotopic (exact) mass is 382 g/mol. The zero-order valence-electron chi connectivity index (χ0n) is 13.4. The van der Waals surface area contributed by atoms with Crippen LogP contribution in [0, 0.1) is 0 Å². The third-order valence-corrected chi connectivity index (χ3v) is 5.88. The number of fused-ring (bicyclic) bond motifs is 1. The number of nitrogens with zero attached hydrogens (tertiary/aromatic N) is 1. The minimum Gasteiger partial charge on any atom is -0.454 e. The van der Waals surface area contributed by atoms with Crippen LogP contribution in [-0.4, -0.2) is 39.5 Å². The maximum atomic E-state index is 12.4. The van der Waals surface area contributed by atoms with Crippen molar-refractivity contribution in [1.82, 2.24) is 4.31 Å². The Morgan fingerprint density at radius 3 is 2.56 bits per heavy atom. The van der Waals surface area contributed by atoms with Crippen molar-refractivity contribution < 1.29 is 22.7 Å². The van der Waals surface area contributed by atoms with Crippen molar-refractivity contribution in [3.8, 4) is 11.5 Å². The number of carbonyl (C=O) groups excluding carboxylic acids is 1. The average molecular weight is 383 g/mol. The molecule has 1 amide bonds. The lowest BCUT2D eigenvalue weighted by Gasteiger charge is -2.14. The van der Waals surface area contributed by atoms with E-state index < -0.39 is 15.9 Å². The number of amides is 1. The van der Waals surface area contributed by atoms with Crippen LogP contribution < -0.4 is 14.8 Å². The van der Waals surface area contributed by atoms with Gasteiger partial charge in [0.15, 0.2) is 11.5 Å². The van der Waals surface area contributed by atoms with E-state index in [9.17, 15) is 13.2 Å². The number of benzene rings is 2. The molecule has 0 bridgehead atoms. The summed E-state index contributed by atoms with van der Waals surface area (Å²) in [6.45, 7) is 0.114. The zero-order chi connectivity index (χ0) is 18.2. The molecule has 7 nitrogen and oxygen atoms in total. The van der Waals surface area contributed by atoms with Crippen molar-refractivity contribution >= 4 is 33.2 Å². The second-order valence-electron chi connectivity index (χ2n) is 5.45. The van der Waals surface area contributed by atoms with Gasteiger partial charge in [0.25, 0.3) is 5.91 Å². The summed E-state index contributed by atoms with van der Waals surface area (Å²) < 4.78 is 36.1. The number of carbonyl (C=O) groups is 1. The Balaban J connectivity index is 1.87. The van der Waals surface area contributed by atoms with E-state index >= 15 is 0 Å². The SMILES string of the molecule is CN(C)S(=O)(=O)c1cc(NC(=O)c2ccc3c(c2)OCO3)ccc1Cl. The maximum Gasteiger partial charge on any atom is 0.255 e. The van der Waals surface area contributed by atoms with Crippen LogP contribution in [0.25, 0.3) is 0 Å². The van der Waals surface area contributed by atoms with Crippen LogP contribution in [0.15, 0.2) is 41.3 Å². The molecule has 0 spiro atoms. The summed E-state index contributed by atoms with van der Waals surface area (Å²) in [6.07, 6.45) is 0. The number of halogens is 1. The van der Waals surface area contributed by atoms with Crippen LogP contribution in [-0.2, 0) is 10.0 Å². The molecule has 3 rings (SSSR count). The first-order valence-corrected chi connectivity index (χ1v) is 9.04. The zero-order valence-corrected chi connectivity index (χ0v) is 15.0. The van der Waals surface area contributed by atoms with Gasteiger partial charge in [-0.1, -0.05) is 11.6 Å². The van der Waals surface area contributed by atoms with E-state index in [1.807, 2.05) is 0 Å². The van der Waals surface area contributed by atoms with Crippen molar-refractivity contribution in [2.45, 2.75) is 4.90 Å². The van der Waals surface area contributed by atoms with Crippen LogP contribution in [0.1, 0.15) is 10.4 Å². The first-order chi connectivity index (χ1) is 11.8. The Labute approximate surface area is 150 Å². The lowest BCUT2D eigenvalue weighted by molar-refractivity contribution is 0.102. The molecule has 0 saturated heterocycles. The third-order valence-electron chi connectivity index (χ3n) is 3.58. The Bertz CT molecular complexity index is 944. The highest BCUT2D eigenvalue weighted by Crippen LogP contribution is 2.33. The molecule has 1 heterocycles. The van der Waals surface area contributed by atoms with Gasteiger partial charge in [-0.3, -0.25) is 4.79 Å². The first kappa shape index (κ1) is 17.5. The Kier molecular flexibility index (Phi) is 4.59. The van der Waals surface area contributed by atoms with E-state index in [0.717, 1.165) is 4.31 Å². The van der Waals surface area contributed by atoms with E-state index in [1.54, 1.807) is 18.2 Å². The van der Waals surface area contributed by atoms with Crippen LogP contribution in [0.3, 0.4) is 0 Å². The summed E-state index contributed by atoms with van der Waals surface area (Å²) in [6, 6.07) is 9.07. The highest BCUT2D eigenvalue weighted by molar-refractivity contribution is 7.89. The summed E-state index contributed by atoms with van der Waals surface area (Å²) in [5.41, 5.74) is 0.670. The molecule has 0 aliphatic carbocycles. The second kappa shape index (κ2) is 6.55. The number of nitrogens with one attached hydrogen (secondary N) is 1. The summed E-state index contributed by atoms with van der Waals surface area (Å²) in [5.74, 6) is 0.649. The van der Waals surface area contributed by atoms with Crippen LogP contribution in [0.2, 0.25) is 5.02 Å². The molecule has 2 aromatic rings. The van der Waals surface area contributed by atoms with Gasteiger partial charge in [0.05, 0.1) is 5.02 Å². The van der Waals surface area contributed by atoms with Gasteiger partial charge in [-0.05, 0) is 36.4 Å². The number of ether oxygens (including phenoxy) is 2. The van der Waals surface area contributed by atoms with Gasteiger partial charge in [-0.15, -0.1) is 0 Å². The van der Waals surface area contributed by atoms with Crippen molar-refractivity contribution in [3.05, 3.63) is 47.0 Å². The Morgan fingerprint density at radius 2 is 1.84 bits per heavy atom. The van der Waals surface area contributed by atoms with Crippen LogP contribution in [0.5, 0.6) is 11.5 Å². The summed E-state index contributed by atoms with van der Waals surface area (Å²) >= 11 is 5.99. The van der Waals surface area contributed by atoms with Crippen LogP contribution >= 0.6 is 11.6 Å². The van der Waals surface area contributed by atoms with E-state index in [2.05, 4.69) is 5.32 Å². The standard InChI is InChI=1S/C16H15ClN2O5S/c1-19(2)25(21,22)15-8-11(4-5-12(15)17)18-16(20)10-3-6-13-14(7-10)24-9-23-13/h3-8H,9H2,1-2H3,(H,18,20). The van der Waals surface area contributed by atoms with Gasteiger partial charge in [0.2, 0.25) is 16.8 Å². The molecule has 0 unspecified atom stereocenters. The fourth-order valence-electron chi connectivity index (χ4n) is 2.22. The Morgan fingerprint density at radius 1 is 1.12 bits per heavy atom. The Hall–Kier alpha value is -2.29. The lowest BCUT2D eigenvalue weighted by Crippen LogP contribution is -2.23. The minimum absolute atomic E-state index is 0.0785. The quantitative estimate of drug-likeness (QED) is 0.878. The molecule has 1 aliphatic heterocycles. The van der Waals surface area contributed by atoms with E-state index in [-0.39, 0.29) is 16.7 Å². The second-order valence-corrected chi connectivity index (χ2v) is 7.98. The number of sulfonamides is 1. The van der Waals surface area contributed by atoms with Gasteiger partial charge < -0.3 is 14.8 Å². The van der Waals surface area contributed by atoms with Gasteiger partial charge >= 0.3 is 0 Å². The molecule has 1 aliphatic rings. The molecule has 0 aromatic heterocycles. The molecule has 25 heavy (non-hydrogen) atoms. The number of rotatable bonds is 4. The minimum atomic E-state index is -3.72. The summed E-state index contributed by atoms with van der Waals surface area (Å²) in [7, 11) is -0.912. The van der Waals surface area contributed by atoms with Crippen LogP contribution in [0.4, 0.5) is 5.69 Å². The molecule has 1 N–H and O–H groups in total. The fourth-order valence-corrected chi connectivity index (χ4v) is 3.61. The van der Waals surface area contributed by atoms with E-state index in [0.29, 0.717) is 22.7 Å². The van der Waals surface area contributed by atoms with Gasteiger partial charge in [-0.25, -0.2) is 12.7 Å². The molecule has 0 fully saturated rings. The normalized spacial score (nSPS) is 13.1. The maximum absolute atomic E-state index is 12.4. The molecule has 2 aromatic carbocycles. The largest absolute Gasteiger partial charge is 0.454 e. The third kappa shape index (κ3) is 3.41. The molecular weight excluding hydrogens is 368 g/mol. The van der Waals surface area contributed by atoms with Gasteiger partial charge in [0.1, 0.15) is 4.90 Å². The molecule has 0 radical (unpaired) electrons. The molecule has 0 atom stereocenters. The number of anilines is 1. The molecule has 9 heteroatoms. The highest BCUT2D eigenvalue weighted by atomic mass is 35.5. The molecule has 132 valence electrons. The first-order valence-electron chi connectivity index (χ1n) is 7.22. The number of hydrogen-bond donors (Lipinski definition) is 1. The van der Waals surface area contributed by atoms with Crippen molar-refractivity contribution in [2.75, 3.05) is 26.2 Å². The number of hydrogen-bond acceptors (Lipinski definition) is 5. The predicted molar refractivity (Wildman–Crippen MR) is 92.8 cm³/mol. The van der Waals surface area contributed by atoms with Gasteiger partial charge in [-0.2, -0.15) is 0 Å². The topological polar surface area (TPSA) is 84.9 Å². The predicted octanol–water partition coefficient (Wildman–Crippen LogP) is 2.57. The fraction of sp³-hybridized carbons (Fsp3) is 0.188.